The normalized spacial score (nSPS) is 9.90. The zero-order chi connectivity index (χ0) is 15.0. The van der Waals surface area contributed by atoms with Crippen molar-refractivity contribution in [2.24, 2.45) is 0 Å². The van der Waals surface area contributed by atoms with Crippen LogP contribution in [-0.2, 0) is 9.53 Å². The summed E-state index contributed by atoms with van der Waals surface area (Å²) in [7, 11) is 3.09. The first-order valence-corrected chi connectivity index (χ1v) is 6.29. The average molecular weight is 299 g/mol. The zero-order valence-corrected chi connectivity index (χ0v) is 12.2. The van der Waals surface area contributed by atoms with Crippen LogP contribution in [0.1, 0.15) is 5.56 Å². The van der Waals surface area contributed by atoms with Gasteiger partial charge in [-0.05, 0) is 18.2 Å². The Morgan fingerprint density at radius 1 is 1.35 bits per heavy atom. The smallest absolute Gasteiger partial charge is 0.341 e. The number of carboxylic acid groups (broad SMARTS) is 1. The number of hydrogen-bond acceptors (Lipinski definition) is 5. The predicted octanol–water partition coefficient (Wildman–Crippen LogP) is 1.07. The molecule has 2 N–H and O–H groups in total. The van der Waals surface area contributed by atoms with E-state index < -0.39 is 12.6 Å². The number of methoxy groups -OCH3 is 2. The largest absolute Gasteiger partial charge is 0.493 e. The Morgan fingerprint density at radius 3 is 2.70 bits per heavy atom. The van der Waals surface area contributed by atoms with Crippen LogP contribution in [0.25, 0.3) is 0 Å². The molecule has 0 atom stereocenters. The van der Waals surface area contributed by atoms with E-state index in [1.807, 2.05) is 0 Å². The fourth-order valence-electron chi connectivity index (χ4n) is 1.44. The SMILES string of the molecule is COCCNC(=S)c1ccc(OCC(=O)O)c(OC)c1. The molecule has 0 unspecified atom stereocenters. The van der Waals surface area contributed by atoms with Crippen LogP contribution in [0, 0.1) is 0 Å². The van der Waals surface area contributed by atoms with Gasteiger partial charge in [-0.25, -0.2) is 4.79 Å². The van der Waals surface area contributed by atoms with Crippen LogP contribution in [0.15, 0.2) is 18.2 Å². The van der Waals surface area contributed by atoms with Crippen molar-refractivity contribution in [1.29, 1.82) is 0 Å². The summed E-state index contributed by atoms with van der Waals surface area (Å²) in [5.41, 5.74) is 0.760. The third-order valence-corrected chi connectivity index (χ3v) is 2.75. The van der Waals surface area contributed by atoms with Crippen LogP contribution in [0.5, 0.6) is 11.5 Å². The van der Waals surface area contributed by atoms with Crippen molar-refractivity contribution < 1.29 is 24.1 Å². The van der Waals surface area contributed by atoms with Gasteiger partial charge in [-0.15, -0.1) is 0 Å². The maximum Gasteiger partial charge on any atom is 0.341 e. The molecule has 0 amide bonds. The summed E-state index contributed by atoms with van der Waals surface area (Å²) in [6, 6.07) is 5.06. The Morgan fingerprint density at radius 2 is 2.10 bits per heavy atom. The number of ether oxygens (including phenoxy) is 3. The topological polar surface area (TPSA) is 77.0 Å². The van der Waals surface area contributed by atoms with Gasteiger partial charge in [-0.1, -0.05) is 12.2 Å². The highest BCUT2D eigenvalue weighted by Crippen LogP contribution is 2.28. The summed E-state index contributed by atoms with van der Waals surface area (Å²) in [5.74, 6) is -0.258. The van der Waals surface area contributed by atoms with Gasteiger partial charge >= 0.3 is 5.97 Å². The van der Waals surface area contributed by atoms with E-state index in [-0.39, 0.29) is 0 Å². The second kappa shape index (κ2) is 8.34. The molecule has 0 aliphatic rings. The second-order valence-corrected chi connectivity index (χ2v) is 4.21. The molecule has 0 aliphatic carbocycles. The molecule has 1 aromatic carbocycles. The molecule has 0 radical (unpaired) electrons. The Labute approximate surface area is 122 Å². The van der Waals surface area contributed by atoms with Gasteiger partial charge in [0.05, 0.1) is 13.7 Å². The molecule has 6 nitrogen and oxygen atoms in total. The second-order valence-electron chi connectivity index (χ2n) is 3.80. The predicted molar refractivity (Wildman–Crippen MR) is 77.7 cm³/mol. The standard InChI is InChI=1S/C13H17NO5S/c1-17-6-5-14-13(20)9-3-4-10(11(7-9)18-2)19-8-12(15)16/h3-4,7H,5-6,8H2,1-2H3,(H,14,20)(H,15,16). The first-order valence-electron chi connectivity index (χ1n) is 5.88. The van der Waals surface area contributed by atoms with Crippen LogP contribution in [-0.4, -0.2) is 50.0 Å². The lowest BCUT2D eigenvalue weighted by molar-refractivity contribution is -0.139. The molecule has 0 fully saturated rings. The molecule has 0 heterocycles. The third kappa shape index (κ3) is 5.02. The Hall–Kier alpha value is -1.86. The maximum absolute atomic E-state index is 10.5. The minimum atomic E-state index is -1.05. The van der Waals surface area contributed by atoms with Gasteiger partial charge < -0.3 is 24.6 Å². The van der Waals surface area contributed by atoms with Gasteiger partial charge in [0.25, 0.3) is 0 Å². The minimum absolute atomic E-state index is 0.360. The first-order chi connectivity index (χ1) is 9.58. The number of rotatable bonds is 8. The molecule has 0 aliphatic heterocycles. The summed E-state index contributed by atoms with van der Waals surface area (Å²) >= 11 is 5.23. The highest BCUT2D eigenvalue weighted by molar-refractivity contribution is 7.80. The van der Waals surface area contributed by atoms with E-state index in [1.54, 1.807) is 25.3 Å². The monoisotopic (exact) mass is 299 g/mol. The Balaban J connectivity index is 2.75. The summed E-state index contributed by atoms with van der Waals surface area (Å²) in [4.78, 5) is 11.0. The molecule has 0 saturated carbocycles. The lowest BCUT2D eigenvalue weighted by Crippen LogP contribution is -2.26. The first kappa shape index (κ1) is 16.2. The number of thiocarbonyl (C=S) groups is 1. The van der Waals surface area contributed by atoms with E-state index in [4.69, 9.17) is 31.5 Å². The maximum atomic E-state index is 10.5. The molecular weight excluding hydrogens is 282 g/mol. The molecular formula is C13H17NO5S. The lowest BCUT2D eigenvalue weighted by Gasteiger charge is -2.12. The molecule has 7 heteroatoms. The van der Waals surface area contributed by atoms with E-state index in [9.17, 15) is 4.79 Å². The van der Waals surface area contributed by atoms with Crippen LogP contribution >= 0.6 is 12.2 Å². The minimum Gasteiger partial charge on any atom is -0.493 e. The molecule has 0 bridgehead atoms. The van der Waals surface area contributed by atoms with Crippen molar-refractivity contribution in [3.05, 3.63) is 23.8 Å². The van der Waals surface area contributed by atoms with Crippen LogP contribution in [0.2, 0.25) is 0 Å². The molecule has 0 spiro atoms. The number of carboxylic acids is 1. The van der Waals surface area contributed by atoms with Gasteiger partial charge in [0.15, 0.2) is 18.1 Å². The Kier molecular flexibility index (Phi) is 6.75. The molecule has 1 rings (SSSR count). The third-order valence-electron chi connectivity index (χ3n) is 2.37. The number of benzene rings is 1. The van der Waals surface area contributed by atoms with E-state index >= 15 is 0 Å². The number of carbonyl (C=O) groups is 1. The van der Waals surface area contributed by atoms with E-state index in [1.165, 1.54) is 7.11 Å². The molecule has 110 valence electrons. The van der Waals surface area contributed by atoms with Crippen molar-refractivity contribution in [2.75, 3.05) is 34.0 Å². The Bertz CT molecular complexity index is 478. The van der Waals surface area contributed by atoms with Crippen molar-refractivity contribution in [1.82, 2.24) is 5.32 Å². The van der Waals surface area contributed by atoms with E-state index in [0.717, 1.165) is 5.56 Å². The highest BCUT2D eigenvalue weighted by Gasteiger charge is 2.10. The summed E-state index contributed by atoms with van der Waals surface area (Å²) < 4.78 is 15.2. The van der Waals surface area contributed by atoms with Crippen molar-refractivity contribution >= 4 is 23.2 Å². The molecule has 1 aromatic rings. The van der Waals surface area contributed by atoms with Gasteiger partial charge in [0.1, 0.15) is 4.99 Å². The van der Waals surface area contributed by atoms with Gasteiger partial charge in [0.2, 0.25) is 0 Å². The van der Waals surface area contributed by atoms with Crippen LogP contribution in [0.3, 0.4) is 0 Å². The number of nitrogens with one attached hydrogen (secondary N) is 1. The van der Waals surface area contributed by atoms with Crippen molar-refractivity contribution in [2.45, 2.75) is 0 Å². The number of aliphatic carboxylic acids is 1. The molecule has 20 heavy (non-hydrogen) atoms. The van der Waals surface area contributed by atoms with E-state index in [2.05, 4.69) is 5.32 Å². The highest BCUT2D eigenvalue weighted by atomic mass is 32.1. The lowest BCUT2D eigenvalue weighted by atomic mass is 10.2. The number of hydrogen-bond donors (Lipinski definition) is 2. The molecule has 0 saturated heterocycles. The van der Waals surface area contributed by atoms with Crippen molar-refractivity contribution in [3.63, 3.8) is 0 Å². The zero-order valence-electron chi connectivity index (χ0n) is 11.3. The fraction of sp³-hybridized carbons (Fsp3) is 0.385. The summed E-state index contributed by atoms with van der Waals surface area (Å²) in [5, 5.41) is 11.6. The van der Waals surface area contributed by atoms with Gasteiger partial charge in [-0.2, -0.15) is 0 Å². The summed E-state index contributed by atoms with van der Waals surface area (Å²) in [6.45, 7) is 0.734. The van der Waals surface area contributed by atoms with Crippen LogP contribution in [0.4, 0.5) is 0 Å². The fourth-order valence-corrected chi connectivity index (χ4v) is 1.67. The van der Waals surface area contributed by atoms with E-state index in [0.29, 0.717) is 29.6 Å². The molecule has 0 aromatic heterocycles. The quantitative estimate of drug-likeness (QED) is 0.549. The van der Waals surface area contributed by atoms with Gasteiger partial charge in [0, 0.05) is 19.2 Å². The average Bonchev–Trinajstić information content (AvgIpc) is 2.44. The van der Waals surface area contributed by atoms with Crippen molar-refractivity contribution in [3.8, 4) is 11.5 Å². The summed E-state index contributed by atoms with van der Waals surface area (Å²) in [6.07, 6.45) is 0. The van der Waals surface area contributed by atoms with Gasteiger partial charge in [-0.3, -0.25) is 0 Å². The van der Waals surface area contributed by atoms with Crippen LogP contribution < -0.4 is 14.8 Å².